The monoisotopic (exact) mass is 1050 g/mol. The first-order chi connectivity index (χ1) is 31.2. The molecule has 0 fully saturated rings. The summed E-state index contributed by atoms with van der Waals surface area (Å²) in [6, 6.07) is 13.8. The Morgan fingerprint density at radius 1 is 0.470 bits per heavy atom. The van der Waals surface area contributed by atoms with Crippen LogP contribution in [0.15, 0.2) is 93.3 Å². The smallest absolute Gasteiger partial charge is 0.258 e. The summed E-state index contributed by atoms with van der Waals surface area (Å²) >= 11 is 49.5. The van der Waals surface area contributed by atoms with Crippen molar-refractivity contribution < 1.29 is 28.8 Å². The van der Waals surface area contributed by atoms with Crippen molar-refractivity contribution in [1.29, 1.82) is 0 Å². The number of amides is 4. The number of carbonyl (C=O) groups is 6. The molecule has 0 aromatic heterocycles. The summed E-state index contributed by atoms with van der Waals surface area (Å²) in [5.41, 5.74) is 2.08. The molecule has 342 valence electrons. The van der Waals surface area contributed by atoms with Crippen LogP contribution in [0.3, 0.4) is 0 Å². The standard InChI is InChI=1S/C44H34Cl8N8O6/c1-5-21-11-34(54-44(66)38(20(4)62)60-58-36-14-24(8-10-28(36)48)42(64)56-40-31(51)17-26(46)18-32(40)52)22(6-2)12-33(21)53-43(65)37(19(3)61)59-57-35-13-23(7-9-27(35)47)41(63)55-39-29(49)15-25(45)16-30(39)50/h7-18,37-38H,5-6H2,1-4H3,(H,53,65)(H,54,66)(H,55,63)(H,56,64). The van der Waals surface area contributed by atoms with E-state index < -0.39 is 47.3 Å². The highest BCUT2D eigenvalue weighted by atomic mass is 35.5. The van der Waals surface area contributed by atoms with E-state index >= 15 is 0 Å². The maximum Gasteiger partial charge on any atom is 0.258 e. The zero-order chi connectivity index (χ0) is 48.6. The number of ketones is 2. The first-order valence-corrected chi connectivity index (χ1v) is 22.3. The Kier molecular flexibility index (Phi) is 18.1. The van der Waals surface area contributed by atoms with Gasteiger partial charge in [-0.3, -0.25) is 28.8 Å². The zero-order valence-corrected chi connectivity index (χ0v) is 40.8. The summed E-state index contributed by atoms with van der Waals surface area (Å²) < 4.78 is 0. The third-order valence-electron chi connectivity index (χ3n) is 9.34. The molecule has 0 aliphatic heterocycles. The van der Waals surface area contributed by atoms with E-state index in [1.165, 1.54) is 60.7 Å². The maximum absolute atomic E-state index is 13.6. The van der Waals surface area contributed by atoms with E-state index in [1.807, 2.05) is 0 Å². The Hall–Kier alpha value is -5.16. The summed E-state index contributed by atoms with van der Waals surface area (Å²) in [4.78, 5) is 79.0. The molecule has 2 atom stereocenters. The molecule has 5 aromatic rings. The third kappa shape index (κ3) is 13.0. The SMILES string of the molecule is CCc1cc(NC(=O)C(N=Nc2cc(C(=O)Nc3c(Cl)cc(Cl)cc3Cl)ccc2Cl)C(C)=O)c(CC)cc1NC(=O)C(N=Nc1cc(C(=O)Nc2c(Cl)cc(Cl)cc2Cl)ccc1Cl)C(C)=O. The minimum absolute atomic E-state index is 0.0200. The summed E-state index contributed by atoms with van der Waals surface area (Å²) in [6.07, 6.45) is 0.695. The second kappa shape index (κ2) is 23.0. The summed E-state index contributed by atoms with van der Waals surface area (Å²) in [7, 11) is 0. The van der Waals surface area contributed by atoms with Crippen LogP contribution >= 0.6 is 92.8 Å². The minimum Gasteiger partial charge on any atom is -0.323 e. The number of aryl methyl sites for hydroxylation is 2. The number of nitrogens with one attached hydrogen (secondary N) is 4. The van der Waals surface area contributed by atoms with Gasteiger partial charge in [-0.2, -0.15) is 20.5 Å². The molecule has 2 unspecified atom stereocenters. The molecule has 0 saturated carbocycles. The molecular weight excluding hydrogens is 1020 g/mol. The highest BCUT2D eigenvalue weighted by Gasteiger charge is 2.27. The van der Waals surface area contributed by atoms with Crippen molar-refractivity contribution in [2.24, 2.45) is 20.5 Å². The number of Topliss-reactive ketones (excluding diaryl/α,β-unsaturated/α-hetero) is 2. The van der Waals surface area contributed by atoms with Gasteiger partial charge in [0.2, 0.25) is 12.1 Å². The molecule has 4 amide bonds. The lowest BCUT2D eigenvalue weighted by atomic mass is 10.0. The van der Waals surface area contributed by atoms with Gasteiger partial charge in [0.15, 0.2) is 11.6 Å². The van der Waals surface area contributed by atoms with E-state index in [0.717, 1.165) is 13.8 Å². The van der Waals surface area contributed by atoms with Crippen LogP contribution < -0.4 is 21.3 Å². The van der Waals surface area contributed by atoms with Crippen LogP contribution in [0, 0.1) is 0 Å². The number of hydrogen-bond acceptors (Lipinski definition) is 10. The molecule has 0 saturated heterocycles. The van der Waals surface area contributed by atoms with Gasteiger partial charge < -0.3 is 21.3 Å². The Bertz CT molecular complexity index is 2620. The van der Waals surface area contributed by atoms with E-state index in [-0.39, 0.29) is 74.1 Å². The quantitative estimate of drug-likeness (QED) is 0.0559. The van der Waals surface area contributed by atoms with Crippen molar-refractivity contribution in [2.75, 3.05) is 21.3 Å². The van der Waals surface area contributed by atoms with Gasteiger partial charge in [-0.25, -0.2) is 0 Å². The van der Waals surface area contributed by atoms with Crippen molar-refractivity contribution in [1.82, 2.24) is 0 Å². The van der Waals surface area contributed by atoms with E-state index in [4.69, 9.17) is 92.8 Å². The molecule has 5 rings (SSSR count). The van der Waals surface area contributed by atoms with Crippen molar-refractivity contribution in [2.45, 2.75) is 52.6 Å². The number of azo groups is 2. The molecule has 4 N–H and O–H groups in total. The van der Waals surface area contributed by atoms with E-state index in [0.29, 0.717) is 35.3 Å². The Morgan fingerprint density at radius 3 is 1.11 bits per heavy atom. The second-order valence-electron chi connectivity index (χ2n) is 14.0. The molecule has 0 spiro atoms. The lowest BCUT2D eigenvalue weighted by Gasteiger charge is -2.18. The average Bonchev–Trinajstić information content (AvgIpc) is 3.24. The number of nitrogens with zero attached hydrogens (tertiary/aromatic N) is 4. The van der Waals surface area contributed by atoms with Gasteiger partial charge in [0, 0.05) is 32.5 Å². The number of halogens is 8. The molecule has 0 aliphatic carbocycles. The summed E-state index contributed by atoms with van der Waals surface area (Å²) in [5, 5.41) is 27.8. The predicted octanol–water partition coefficient (Wildman–Crippen LogP) is 13.9. The fourth-order valence-electron chi connectivity index (χ4n) is 5.94. The number of rotatable bonds is 16. The lowest BCUT2D eigenvalue weighted by molar-refractivity contribution is -0.127. The van der Waals surface area contributed by atoms with Gasteiger partial charge in [-0.15, -0.1) is 0 Å². The molecule has 22 heteroatoms. The predicted molar refractivity (Wildman–Crippen MR) is 262 cm³/mol. The molecule has 0 heterocycles. The maximum atomic E-state index is 13.6. The molecule has 0 radical (unpaired) electrons. The Labute approximate surface area is 417 Å². The van der Waals surface area contributed by atoms with Crippen LogP contribution in [0.25, 0.3) is 0 Å². The van der Waals surface area contributed by atoms with Gasteiger partial charge in [-0.05, 0) is 111 Å². The first kappa shape index (κ1) is 51.8. The van der Waals surface area contributed by atoms with Gasteiger partial charge in [-0.1, -0.05) is 107 Å². The molecule has 5 aromatic carbocycles. The fraction of sp³-hybridized carbons (Fsp3) is 0.182. The Morgan fingerprint density at radius 2 is 0.803 bits per heavy atom. The molecule has 14 nitrogen and oxygen atoms in total. The van der Waals surface area contributed by atoms with Gasteiger partial charge in [0.05, 0.1) is 41.5 Å². The molecule has 0 aliphatic rings. The number of benzene rings is 5. The van der Waals surface area contributed by atoms with Crippen molar-refractivity contribution in [3.05, 3.63) is 135 Å². The minimum atomic E-state index is -1.63. The van der Waals surface area contributed by atoms with Crippen LogP contribution in [-0.2, 0) is 32.0 Å². The van der Waals surface area contributed by atoms with Crippen LogP contribution in [0.4, 0.5) is 34.1 Å². The van der Waals surface area contributed by atoms with Crippen molar-refractivity contribution in [3.8, 4) is 0 Å². The average molecular weight is 1050 g/mol. The number of anilines is 4. The van der Waals surface area contributed by atoms with Crippen LogP contribution in [0.1, 0.15) is 59.5 Å². The second-order valence-corrected chi connectivity index (χ2v) is 17.4. The number of hydrogen-bond donors (Lipinski definition) is 4. The molecular formula is C44H34Cl8N8O6. The normalized spacial score (nSPS) is 12.2. The van der Waals surface area contributed by atoms with Gasteiger partial charge in [0.25, 0.3) is 23.6 Å². The Balaban J connectivity index is 1.32. The summed E-state index contributed by atoms with van der Waals surface area (Å²) in [5.74, 6) is -4.21. The van der Waals surface area contributed by atoms with Crippen LogP contribution in [-0.4, -0.2) is 47.3 Å². The first-order valence-electron chi connectivity index (χ1n) is 19.3. The van der Waals surface area contributed by atoms with Gasteiger partial charge >= 0.3 is 0 Å². The third-order valence-corrected chi connectivity index (χ3v) is 11.6. The highest BCUT2D eigenvalue weighted by molar-refractivity contribution is 6.43. The van der Waals surface area contributed by atoms with E-state index in [2.05, 4.69) is 41.7 Å². The summed E-state index contributed by atoms with van der Waals surface area (Å²) in [6.45, 7) is 5.91. The molecule has 66 heavy (non-hydrogen) atoms. The highest BCUT2D eigenvalue weighted by Crippen LogP contribution is 2.37. The lowest BCUT2D eigenvalue weighted by Crippen LogP contribution is -2.33. The number of carbonyl (C=O) groups excluding carboxylic acids is 6. The molecule has 0 bridgehead atoms. The zero-order valence-electron chi connectivity index (χ0n) is 34.8. The van der Waals surface area contributed by atoms with Crippen LogP contribution in [0.2, 0.25) is 40.2 Å². The van der Waals surface area contributed by atoms with E-state index in [9.17, 15) is 28.8 Å². The topological polar surface area (TPSA) is 200 Å². The largest absolute Gasteiger partial charge is 0.323 e. The van der Waals surface area contributed by atoms with Crippen molar-refractivity contribution >= 4 is 162 Å². The fourth-order valence-corrected chi connectivity index (χ4v) is 8.08. The van der Waals surface area contributed by atoms with Gasteiger partial charge in [0.1, 0.15) is 11.4 Å². The van der Waals surface area contributed by atoms with E-state index in [1.54, 1.807) is 26.0 Å². The van der Waals surface area contributed by atoms with Crippen molar-refractivity contribution in [3.63, 3.8) is 0 Å². The van der Waals surface area contributed by atoms with Crippen LogP contribution in [0.5, 0.6) is 0 Å².